The molecule has 1 aliphatic rings. The molecule has 1 fully saturated rings. The lowest BCUT2D eigenvalue weighted by molar-refractivity contribution is -0.924. The van der Waals surface area contributed by atoms with Crippen molar-refractivity contribution >= 4 is 14.9 Å². The molecule has 0 aliphatic carbocycles. The van der Waals surface area contributed by atoms with Crippen molar-refractivity contribution in [3.05, 3.63) is 0 Å². The molecule has 0 aromatic heterocycles. The molecule has 0 spiro atoms. The third-order valence-corrected chi connectivity index (χ3v) is 2.57. The van der Waals surface area contributed by atoms with E-state index in [1.165, 1.54) is 25.9 Å². The van der Waals surface area contributed by atoms with E-state index in [4.69, 9.17) is 0 Å². The third kappa shape index (κ3) is 8.03. The van der Waals surface area contributed by atoms with E-state index in [1.54, 1.807) is 4.90 Å². The van der Waals surface area contributed by atoms with Crippen LogP contribution in [0.15, 0.2) is 0 Å². The number of nitrogens with zero attached hydrogens (tertiary/aromatic N) is 1. The SMILES string of the molecule is CCC1N(C)CCC[NH+]1C.[F][Al-]([F])([F])[F]. The van der Waals surface area contributed by atoms with Gasteiger partial charge >= 0.3 is 14.9 Å². The van der Waals surface area contributed by atoms with Crippen LogP contribution in [-0.2, 0) is 0 Å². The van der Waals surface area contributed by atoms with Gasteiger partial charge in [0.25, 0.3) is 0 Å². The summed E-state index contributed by atoms with van der Waals surface area (Å²) < 4.78 is 39.4. The molecule has 0 aromatic carbocycles. The van der Waals surface area contributed by atoms with E-state index in [2.05, 4.69) is 25.9 Å². The zero-order valence-corrected chi connectivity index (χ0v) is 10.6. The van der Waals surface area contributed by atoms with Crippen LogP contribution in [0, 0.1) is 0 Å². The van der Waals surface area contributed by atoms with Gasteiger partial charge in [0.2, 0.25) is 0 Å². The Hall–Kier alpha value is 0.172. The number of hydrogen-bond acceptors (Lipinski definition) is 1. The Morgan fingerprint density at radius 3 is 2.07 bits per heavy atom. The van der Waals surface area contributed by atoms with Crippen LogP contribution in [0.2, 0.25) is 0 Å². The summed E-state index contributed by atoms with van der Waals surface area (Å²) in [5.41, 5.74) is 0. The van der Waals surface area contributed by atoms with Crippen LogP contribution in [0.25, 0.3) is 0 Å². The van der Waals surface area contributed by atoms with Crippen LogP contribution in [0.1, 0.15) is 19.8 Å². The van der Waals surface area contributed by atoms with Crippen LogP contribution >= 0.6 is 0 Å². The smallest absolute Gasteiger partial charge is 0.510 e. The molecule has 1 heterocycles. The molecule has 2 atom stereocenters. The molecule has 2 nitrogen and oxygen atoms in total. The van der Waals surface area contributed by atoms with E-state index >= 15 is 0 Å². The second-order valence-electron chi connectivity index (χ2n) is 3.85. The molecule has 1 saturated heterocycles. The molecule has 0 aromatic rings. The molecule has 0 saturated carbocycles. The molecule has 7 heteroatoms. The second-order valence-corrected chi connectivity index (χ2v) is 4.84. The summed E-state index contributed by atoms with van der Waals surface area (Å²) in [5.74, 6) is 0. The third-order valence-electron chi connectivity index (χ3n) is 2.57. The average molecular weight is 246 g/mol. The number of hydrogen-bond donors (Lipinski definition) is 1. The first kappa shape index (κ1) is 15.2. The van der Waals surface area contributed by atoms with Crippen LogP contribution in [0.4, 0.5) is 14.1 Å². The summed E-state index contributed by atoms with van der Waals surface area (Å²) in [5, 5.41) is 0. The summed E-state index contributed by atoms with van der Waals surface area (Å²) in [6, 6.07) is 0. The van der Waals surface area contributed by atoms with Crippen molar-refractivity contribution in [1.29, 1.82) is 0 Å². The molecule has 2 unspecified atom stereocenters. The van der Waals surface area contributed by atoms with Gasteiger partial charge in [-0.2, -0.15) is 0 Å². The highest BCUT2D eigenvalue weighted by atomic mass is 27.5. The fraction of sp³-hybridized carbons (Fsp3) is 1.00. The Kier molecular flexibility index (Phi) is 6.77. The monoisotopic (exact) mass is 246 g/mol. The first-order chi connectivity index (χ1) is 6.75. The van der Waals surface area contributed by atoms with E-state index < -0.39 is 14.9 Å². The highest BCUT2D eigenvalue weighted by Gasteiger charge is 2.41. The molecule has 1 N–H and O–H groups in total. The van der Waals surface area contributed by atoms with Gasteiger partial charge in [0.1, 0.15) is 6.17 Å². The summed E-state index contributed by atoms with van der Waals surface area (Å²) in [4.78, 5) is 4.15. The predicted molar refractivity (Wildman–Crippen MR) is 53.3 cm³/mol. The van der Waals surface area contributed by atoms with Crippen LogP contribution < -0.4 is 4.90 Å². The summed E-state index contributed by atoms with van der Waals surface area (Å²) in [7, 11) is 4.53. The van der Waals surface area contributed by atoms with Gasteiger partial charge in [-0.3, -0.25) is 4.90 Å². The van der Waals surface area contributed by atoms with Crippen molar-refractivity contribution in [1.82, 2.24) is 4.90 Å². The summed E-state index contributed by atoms with van der Waals surface area (Å²) >= 11 is -6.83. The molecule has 0 bridgehead atoms. The lowest BCUT2D eigenvalue weighted by atomic mass is 10.2. The Morgan fingerprint density at radius 1 is 1.33 bits per heavy atom. The second kappa shape index (κ2) is 6.69. The molecule has 92 valence electrons. The normalized spacial score (nSPS) is 28.2. The number of nitrogens with one attached hydrogen (secondary N) is 1. The number of halogens is 4. The van der Waals surface area contributed by atoms with E-state index in [9.17, 15) is 14.1 Å². The standard InChI is InChI=1S/C8H18N2.Al.4FH/c1-4-8-9(2)6-5-7-10(8)3;;;;;/h8H,4-7H2,1-3H3;;4*1H/q;+3;;;;/p-3. The average Bonchev–Trinajstić information content (AvgIpc) is 2.01. The molecular weight excluding hydrogens is 227 g/mol. The van der Waals surface area contributed by atoms with Gasteiger partial charge < -0.3 is 19.0 Å². The molecule has 0 amide bonds. The van der Waals surface area contributed by atoms with Gasteiger partial charge in [0.05, 0.1) is 13.6 Å². The maximum atomic E-state index is 9.85. The maximum absolute atomic E-state index is 9.85. The molecule has 1 rings (SSSR count). The van der Waals surface area contributed by atoms with Crippen molar-refractivity contribution < 1.29 is 19.0 Å². The number of quaternary nitrogens is 1. The topological polar surface area (TPSA) is 7.68 Å². The maximum Gasteiger partial charge on any atom is 1.04 e. The predicted octanol–water partition coefficient (Wildman–Crippen LogP) is 0.873. The van der Waals surface area contributed by atoms with Crippen molar-refractivity contribution in [2.75, 3.05) is 27.2 Å². The van der Waals surface area contributed by atoms with Crippen molar-refractivity contribution in [2.45, 2.75) is 25.9 Å². The van der Waals surface area contributed by atoms with Gasteiger partial charge in [0.15, 0.2) is 0 Å². The molecule has 15 heavy (non-hydrogen) atoms. The quantitative estimate of drug-likeness (QED) is 0.533. The van der Waals surface area contributed by atoms with E-state index in [0.717, 1.165) is 6.17 Å². The minimum Gasteiger partial charge on any atom is -0.510 e. The Labute approximate surface area is 92.4 Å². The molecule has 1 aliphatic heterocycles. The molecule has 0 radical (unpaired) electrons. The largest absolute Gasteiger partial charge is 1.04 e. The molecular formula is C8H19AlF4N2. The highest BCUT2D eigenvalue weighted by molar-refractivity contribution is 6.50. The summed E-state index contributed by atoms with van der Waals surface area (Å²) in [6.07, 6.45) is 3.41. The lowest BCUT2D eigenvalue weighted by Gasteiger charge is -2.36. The fourth-order valence-electron chi connectivity index (χ4n) is 1.97. The fourth-order valence-corrected chi connectivity index (χ4v) is 1.97. The van der Waals surface area contributed by atoms with E-state index in [-0.39, 0.29) is 0 Å². The highest BCUT2D eigenvalue weighted by Crippen LogP contribution is 2.06. The Morgan fingerprint density at radius 2 is 1.80 bits per heavy atom. The Balaban J connectivity index is 0.000000336. The van der Waals surface area contributed by atoms with Gasteiger partial charge in [0, 0.05) is 19.4 Å². The summed E-state index contributed by atoms with van der Waals surface area (Å²) in [6.45, 7) is 4.91. The van der Waals surface area contributed by atoms with Crippen molar-refractivity contribution in [2.24, 2.45) is 0 Å². The van der Waals surface area contributed by atoms with E-state index in [0.29, 0.717) is 0 Å². The first-order valence-corrected chi connectivity index (χ1v) is 6.90. The zero-order chi connectivity index (χ0) is 12.1. The first-order valence-electron chi connectivity index (χ1n) is 5.15. The van der Waals surface area contributed by atoms with Crippen LogP contribution in [-0.4, -0.2) is 53.2 Å². The van der Waals surface area contributed by atoms with Crippen LogP contribution in [0.3, 0.4) is 0 Å². The van der Waals surface area contributed by atoms with Gasteiger partial charge in [-0.05, 0) is 7.05 Å². The van der Waals surface area contributed by atoms with Gasteiger partial charge in [-0.1, -0.05) is 6.92 Å². The lowest BCUT2D eigenvalue weighted by Crippen LogP contribution is -3.16. The van der Waals surface area contributed by atoms with Gasteiger partial charge in [-0.15, -0.1) is 0 Å². The number of rotatable bonds is 1. The van der Waals surface area contributed by atoms with Gasteiger partial charge in [-0.25, -0.2) is 0 Å². The van der Waals surface area contributed by atoms with Crippen molar-refractivity contribution in [3.8, 4) is 0 Å². The minimum atomic E-state index is -6.83. The van der Waals surface area contributed by atoms with E-state index in [1.807, 2.05) is 0 Å². The van der Waals surface area contributed by atoms with Crippen LogP contribution in [0.5, 0.6) is 0 Å². The minimum absolute atomic E-state index is 0.772. The Bertz CT molecular complexity index is 161. The van der Waals surface area contributed by atoms with Crippen molar-refractivity contribution in [3.63, 3.8) is 0 Å². The zero-order valence-electron chi connectivity index (χ0n) is 9.44.